The molecule has 2 aliphatic heterocycles. The van der Waals surface area contributed by atoms with Crippen molar-refractivity contribution in [2.75, 3.05) is 6.26 Å². The van der Waals surface area contributed by atoms with Gasteiger partial charge in [-0.3, -0.25) is 0 Å². The lowest BCUT2D eigenvalue weighted by atomic mass is 9.93. The van der Waals surface area contributed by atoms with Crippen molar-refractivity contribution in [3.05, 3.63) is 36.2 Å². The fraction of sp³-hybridized carbons (Fsp3) is 0.704. The highest BCUT2D eigenvalue weighted by Gasteiger charge is 2.43. The van der Waals surface area contributed by atoms with E-state index in [1.165, 1.54) is 19.1 Å². The molecule has 2 unspecified atom stereocenters. The summed E-state index contributed by atoms with van der Waals surface area (Å²) in [4.78, 5) is 2.75. The number of nitrogens with zero attached hydrogens (tertiary/aromatic N) is 1. The Bertz CT molecular complexity index is 977. The Morgan fingerprint density at radius 2 is 1.56 bits per heavy atom. The second-order valence-electron chi connectivity index (χ2n) is 11.3. The first-order valence-electron chi connectivity index (χ1n) is 12.7. The molecule has 0 radical (unpaired) electrons. The smallest absolute Gasteiger partial charge is 0.182 e. The number of rotatable bonds is 7. The summed E-state index contributed by atoms with van der Waals surface area (Å²) in [5.74, 6) is 1.59. The van der Waals surface area contributed by atoms with Gasteiger partial charge in [0.15, 0.2) is 15.7 Å². The first-order chi connectivity index (χ1) is 15.9. The van der Waals surface area contributed by atoms with Crippen LogP contribution < -0.4 is 4.74 Å². The van der Waals surface area contributed by atoms with Gasteiger partial charge in [0.05, 0.1) is 23.2 Å². The zero-order valence-electron chi connectivity index (χ0n) is 21.4. The quantitative estimate of drug-likeness (QED) is 0.477. The summed E-state index contributed by atoms with van der Waals surface area (Å²) in [5, 5.41) is 0. The highest BCUT2D eigenvalue weighted by molar-refractivity contribution is 7.90. The summed E-state index contributed by atoms with van der Waals surface area (Å²) in [7, 11) is -3.20. The van der Waals surface area contributed by atoms with Crippen LogP contribution in [0.2, 0.25) is 0 Å². The van der Waals surface area contributed by atoms with Crippen molar-refractivity contribution in [1.29, 1.82) is 0 Å². The molecule has 4 rings (SSSR count). The van der Waals surface area contributed by atoms with E-state index in [0.29, 0.717) is 29.2 Å². The van der Waals surface area contributed by atoms with Gasteiger partial charge in [0.1, 0.15) is 11.4 Å². The monoisotopic (exact) mass is 491 g/mol. The molecule has 1 aliphatic carbocycles. The van der Waals surface area contributed by atoms with Crippen LogP contribution in [-0.2, 0) is 19.3 Å². The van der Waals surface area contributed by atoms with Crippen molar-refractivity contribution in [2.45, 2.75) is 120 Å². The highest BCUT2D eigenvalue weighted by atomic mass is 32.2. The van der Waals surface area contributed by atoms with Gasteiger partial charge < -0.3 is 19.1 Å². The molecule has 0 aromatic heterocycles. The minimum Gasteiger partial charge on any atom is -0.490 e. The number of hydrogen-bond donors (Lipinski definition) is 0. The lowest BCUT2D eigenvalue weighted by molar-refractivity contribution is -0.0911. The molecular weight excluding hydrogens is 450 g/mol. The van der Waals surface area contributed by atoms with E-state index >= 15 is 0 Å². The average molecular weight is 492 g/mol. The van der Waals surface area contributed by atoms with Crippen molar-refractivity contribution >= 4 is 9.84 Å². The molecular formula is C27H41NO5S. The number of piperidine rings is 1. The number of fused-ring (bicyclic) bond motifs is 2. The summed E-state index contributed by atoms with van der Waals surface area (Å²) in [6.07, 6.45) is 10.4. The Kier molecular flexibility index (Phi) is 7.26. The topological polar surface area (TPSA) is 65.1 Å². The van der Waals surface area contributed by atoms with Crippen LogP contribution in [0, 0.1) is 6.92 Å². The molecule has 190 valence electrons. The SMILES string of the molecule is C=C(OC(C)(C)C)N1C2CCC1CC(OC1CCC(Oc3ccc(S(C)(=O)=O)cc3C)CC1)C2. The van der Waals surface area contributed by atoms with Gasteiger partial charge in [-0.1, -0.05) is 0 Å². The molecule has 34 heavy (non-hydrogen) atoms. The first-order valence-corrected chi connectivity index (χ1v) is 14.6. The Labute approximate surface area is 205 Å². The molecule has 1 saturated carbocycles. The minimum absolute atomic E-state index is 0.151. The number of sulfone groups is 1. The van der Waals surface area contributed by atoms with Gasteiger partial charge in [-0.25, -0.2) is 8.42 Å². The van der Waals surface area contributed by atoms with Gasteiger partial charge in [0, 0.05) is 18.3 Å². The third kappa shape index (κ3) is 6.09. The fourth-order valence-electron chi connectivity index (χ4n) is 5.77. The molecule has 0 spiro atoms. The summed E-state index contributed by atoms with van der Waals surface area (Å²) in [5.41, 5.74) is 0.638. The van der Waals surface area contributed by atoms with Crippen molar-refractivity contribution < 1.29 is 22.6 Å². The zero-order valence-corrected chi connectivity index (χ0v) is 22.2. The summed E-state index contributed by atoms with van der Waals surface area (Å²) < 4.78 is 42.5. The first kappa shape index (κ1) is 25.4. The lowest BCUT2D eigenvalue weighted by Crippen LogP contribution is -2.47. The molecule has 1 aromatic carbocycles. The van der Waals surface area contributed by atoms with Gasteiger partial charge in [0.25, 0.3) is 0 Å². The van der Waals surface area contributed by atoms with Crippen LogP contribution in [0.5, 0.6) is 5.75 Å². The maximum atomic E-state index is 11.8. The number of hydrogen-bond acceptors (Lipinski definition) is 6. The molecule has 0 amide bonds. The number of benzene rings is 1. The number of ether oxygens (including phenoxy) is 3. The normalized spacial score (nSPS) is 29.7. The third-order valence-electron chi connectivity index (χ3n) is 7.28. The summed E-state index contributed by atoms with van der Waals surface area (Å²) in [6.45, 7) is 12.3. The summed E-state index contributed by atoms with van der Waals surface area (Å²) in [6, 6.07) is 6.05. The van der Waals surface area contributed by atoms with Crippen LogP contribution in [0.15, 0.2) is 35.6 Å². The van der Waals surface area contributed by atoms with E-state index in [1.54, 1.807) is 18.2 Å². The van der Waals surface area contributed by atoms with E-state index in [2.05, 4.69) is 32.3 Å². The fourth-order valence-corrected chi connectivity index (χ4v) is 6.48. The van der Waals surface area contributed by atoms with Gasteiger partial charge in [-0.05, 0) is 109 Å². The van der Waals surface area contributed by atoms with Crippen LogP contribution in [-0.4, -0.2) is 55.6 Å². The third-order valence-corrected chi connectivity index (χ3v) is 8.39. The zero-order chi connectivity index (χ0) is 24.7. The molecule has 3 aliphatic rings. The maximum Gasteiger partial charge on any atom is 0.182 e. The number of aryl methyl sites for hydroxylation is 1. The van der Waals surface area contributed by atoms with Crippen LogP contribution in [0.4, 0.5) is 0 Å². The standard InChI is InChI=1S/C27H41NO5S/c1-18-15-25(34(6,29)30)13-14-26(18)32-23-11-9-22(10-12-23)31-24-16-20-7-8-21(17-24)28(20)19(2)33-27(3,4)5/h13-15,20-24H,2,7-12,16-17H2,1,3-6H3. The summed E-state index contributed by atoms with van der Waals surface area (Å²) >= 11 is 0. The van der Waals surface area contributed by atoms with Crippen molar-refractivity contribution in [1.82, 2.24) is 4.90 Å². The van der Waals surface area contributed by atoms with Gasteiger partial charge >= 0.3 is 0 Å². The maximum absolute atomic E-state index is 11.8. The van der Waals surface area contributed by atoms with Gasteiger partial charge in [-0.2, -0.15) is 0 Å². The average Bonchev–Trinajstić information content (AvgIpc) is 3.00. The predicted molar refractivity (Wildman–Crippen MR) is 134 cm³/mol. The molecule has 0 N–H and O–H groups in total. The Balaban J connectivity index is 1.25. The molecule has 2 atom stereocenters. The second-order valence-corrected chi connectivity index (χ2v) is 13.4. The van der Waals surface area contributed by atoms with Gasteiger partial charge in [-0.15, -0.1) is 0 Å². The van der Waals surface area contributed by atoms with Gasteiger partial charge in [0.2, 0.25) is 0 Å². The van der Waals surface area contributed by atoms with Crippen LogP contribution in [0.25, 0.3) is 0 Å². The lowest BCUT2D eigenvalue weighted by Gasteiger charge is -2.43. The molecule has 3 fully saturated rings. The van der Waals surface area contributed by atoms with E-state index in [-0.39, 0.29) is 11.7 Å². The molecule has 1 aromatic rings. The van der Waals surface area contributed by atoms with Crippen LogP contribution >= 0.6 is 0 Å². The Morgan fingerprint density at radius 1 is 0.971 bits per heavy atom. The second kappa shape index (κ2) is 9.73. The van der Waals surface area contributed by atoms with Crippen LogP contribution in [0.1, 0.15) is 77.7 Å². The van der Waals surface area contributed by atoms with Crippen molar-refractivity contribution in [3.8, 4) is 5.75 Å². The van der Waals surface area contributed by atoms with Crippen molar-refractivity contribution in [2.24, 2.45) is 0 Å². The Hall–Kier alpha value is -1.73. The molecule has 2 saturated heterocycles. The van der Waals surface area contributed by atoms with E-state index in [9.17, 15) is 8.42 Å². The molecule has 7 heteroatoms. The molecule has 2 bridgehead atoms. The van der Waals surface area contributed by atoms with E-state index in [0.717, 1.165) is 55.7 Å². The van der Waals surface area contributed by atoms with E-state index < -0.39 is 9.84 Å². The Morgan fingerprint density at radius 3 is 2.09 bits per heavy atom. The van der Waals surface area contributed by atoms with Crippen molar-refractivity contribution in [3.63, 3.8) is 0 Å². The van der Waals surface area contributed by atoms with E-state index in [1.807, 2.05) is 6.92 Å². The largest absolute Gasteiger partial charge is 0.490 e. The minimum atomic E-state index is -3.20. The highest BCUT2D eigenvalue weighted by Crippen LogP contribution is 2.41. The molecule has 2 heterocycles. The predicted octanol–water partition coefficient (Wildman–Crippen LogP) is 5.39. The molecule has 6 nitrogen and oxygen atoms in total. The van der Waals surface area contributed by atoms with E-state index in [4.69, 9.17) is 14.2 Å². The van der Waals surface area contributed by atoms with Crippen LogP contribution in [0.3, 0.4) is 0 Å².